The van der Waals surface area contributed by atoms with E-state index in [9.17, 15) is 8.42 Å². The van der Waals surface area contributed by atoms with Crippen molar-refractivity contribution in [1.29, 1.82) is 0 Å². The molecule has 7 nitrogen and oxygen atoms in total. The van der Waals surface area contributed by atoms with Gasteiger partial charge in [-0.2, -0.15) is 9.40 Å². The SMILES string of the molecule is CN(C1CN(c2cc3c(nn2)CCC3)C1)S(=O)(=O)c1ccc2c(c1)CCO2. The van der Waals surface area contributed by atoms with Crippen LogP contribution in [0.4, 0.5) is 5.82 Å². The summed E-state index contributed by atoms with van der Waals surface area (Å²) < 4.78 is 33.0. The van der Waals surface area contributed by atoms with Crippen molar-refractivity contribution in [3.05, 3.63) is 41.1 Å². The molecule has 0 N–H and O–H groups in total. The van der Waals surface area contributed by atoms with Gasteiger partial charge < -0.3 is 9.64 Å². The second kappa shape index (κ2) is 6.17. The number of rotatable bonds is 4. The molecule has 0 unspecified atom stereocenters. The second-order valence-electron chi connectivity index (χ2n) is 7.48. The van der Waals surface area contributed by atoms with Crippen LogP contribution < -0.4 is 9.64 Å². The number of hydrogen-bond donors (Lipinski definition) is 0. The Bertz CT molecular complexity index is 1000. The van der Waals surface area contributed by atoms with Crippen molar-refractivity contribution in [2.75, 3.05) is 31.6 Å². The summed E-state index contributed by atoms with van der Waals surface area (Å²) in [4.78, 5) is 2.43. The predicted molar refractivity (Wildman–Crippen MR) is 101 cm³/mol. The van der Waals surface area contributed by atoms with Crippen LogP contribution in [0.15, 0.2) is 29.2 Å². The number of fused-ring (bicyclic) bond motifs is 2. The van der Waals surface area contributed by atoms with Crippen molar-refractivity contribution in [2.45, 2.75) is 36.6 Å². The topological polar surface area (TPSA) is 75.6 Å². The molecular formula is C19H22N4O3S. The van der Waals surface area contributed by atoms with E-state index in [1.54, 1.807) is 25.2 Å². The van der Waals surface area contributed by atoms with E-state index >= 15 is 0 Å². The van der Waals surface area contributed by atoms with Crippen molar-refractivity contribution < 1.29 is 13.2 Å². The number of aromatic nitrogens is 2. The first-order chi connectivity index (χ1) is 13.0. The van der Waals surface area contributed by atoms with Crippen LogP contribution in [0.5, 0.6) is 5.75 Å². The number of benzene rings is 1. The maximum atomic E-state index is 13.0. The maximum Gasteiger partial charge on any atom is 0.243 e. The van der Waals surface area contributed by atoms with Crippen LogP contribution in [-0.2, 0) is 29.3 Å². The standard InChI is InChI=1S/C19H22N4O3S/c1-22(27(24,25)16-5-6-18-14(9-16)7-8-26-18)15-11-23(12-15)19-10-13-3-2-4-17(13)20-21-19/h5-6,9-10,15H,2-4,7-8,11-12H2,1H3. The number of sulfonamides is 1. The minimum absolute atomic E-state index is 0.0606. The third kappa shape index (κ3) is 2.78. The lowest BCUT2D eigenvalue weighted by molar-refractivity contribution is 0.309. The lowest BCUT2D eigenvalue weighted by atomic mass is 10.1. The first kappa shape index (κ1) is 16.9. The summed E-state index contributed by atoms with van der Waals surface area (Å²) in [6.07, 6.45) is 3.98. The lowest BCUT2D eigenvalue weighted by Gasteiger charge is -2.43. The van der Waals surface area contributed by atoms with Crippen molar-refractivity contribution in [3.8, 4) is 5.75 Å². The number of hydrogen-bond acceptors (Lipinski definition) is 6. The number of aryl methyl sites for hydroxylation is 2. The Morgan fingerprint density at radius 2 is 1.96 bits per heavy atom. The van der Waals surface area contributed by atoms with Gasteiger partial charge in [-0.25, -0.2) is 8.42 Å². The van der Waals surface area contributed by atoms with E-state index in [1.807, 2.05) is 0 Å². The highest BCUT2D eigenvalue weighted by Gasteiger charge is 2.38. The summed E-state index contributed by atoms with van der Waals surface area (Å²) in [5, 5.41) is 8.65. The maximum absolute atomic E-state index is 13.0. The molecule has 5 rings (SSSR count). The molecule has 3 aliphatic rings. The Labute approximate surface area is 159 Å². The summed E-state index contributed by atoms with van der Waals surface area (Å²) in [6, 6.07) is 7.20. The van der Waals surface area contributed by atoms with Crippen LogP contribution in [0.25, 0.3) is 0 Å². The van der Waals surface area contributed by atoms with Gasteiger partial charge in [0, 0.05) is 26.6 Å². The molecule has 27 heavy (non-hydrogen) atoms. The van der Waals surface area contributed by atoms with Gasteiger partial charge in [0.25, 0.3) is 0 Å². The molecule has 1 aromatic carbocycles. The largest absolute Gasteiger partial charge is 0.493 e. The fourth-order valence-corrected chi connectivity index (χ4v) is 5.42. The number of anilines is 1. The summed E-state index contributed by atoms with van der Waals surface area (Å²) in [6.45, 7) is 1.89. The second-order valence-corrected chi connectivity index (χ2v) is 9.47. The van der Waals surface area contributed by atoms with Gasteiger partial charge in [-0.3, -0.25) is 0 Å². The first-order valence-electron chi connectivity index (χ1n) is 9.36. The Kier molecular flexibility index (Phi) is 3.87. The Hall–Kier alpha value is -2.19. The van der Waals surface area contributed by atoms with Crippen molar-refractivity contribution >= 4 is 15.8 Å². The summed E-state index contributed by atoms with van der Waals surface area (Å²) in [5.41, 5.74) is 3.36. The van der Waals surface area contributed by atoms with E-state index < -0.39 is 10.0 Å². The first-order valence-corrected chi connectivity index (χ1v) is 10.8. The Balaban J connectivity index is 1.30. The van der Waals surface area contributed by atoms with E-state index in [0.717, 1.165) is 48.5 Å². The molecule has 0 saturated carbocycles. The molecule has 0 spiro atoms. The zero-order chi connectivity index (χ0) is 18.6. The molecule has 3 heterocycles. The highest BCUT2D eigenvalue weighted by molar-refractivity contribution is 7.89. The zero-order valence-electron chi connectivity index (χ0n) is 15.3. The van der Waals surface area contributed by atoms with Crippen LogP contribution in [0, 0.1) is 0 Å². The van der Waals surface area contributed by atoms with E-state index in [1.165, 1.54) is 9.87 Å². The molecule has 8 heteroatoms. The third-order valence-electron chi connectivity index (χ3n) is 5.85. The molecule has 0 bridgehead atoms. The Morgan fingerprint density at radius 3 is 2.81 bits per heavy atom. The zero-order valence-corrected chi connectivity index (χ0v) is 16.1. The normalized spacial score (nSPS) is 19.0. The fraction of sp³-hybridized carbons (Fsp3) is 0.474. The molecule has 2 aliphatic heterocycles. The molecule has 0 radical (unpaired) electrons. The average Bonchev–Trinajstić information content (AvgIpc) is 3.28. The van der Waals surface area contributed by atoms with E-state index in [0.29, 0.717) is 24.6 Å². The molecule has 0 atom stereocenters. The highest BCUT2D eigenvalue weighted by atomic mass is 32.2. The monoisotopic (exact) mass is 386 g/mol. The van der Waals surface area contributed by atoms with Gasteiger partial charge in [0.2, 0.25) is 10.0 Å². The van der Waals surface area contributed by atoms with Gasteiger partial charge in [0.15, 0.2) is 5.82 Å². The molecule has 2 aromatic rings. The van der Waals surface area contributed by atoms with Gasteiger partial charge in [-0.1, -0.05) is 0 Å². The van der Waals surface area contributed by atoms with Gasteiger partial charge in [0.1, 0.15) is 5.75 Å². The van der Waals surface area contributed by atoms with Crippen molar-refractivity contribution in [2.24, 2.45) is 0 Å². The molecule has 0 amide bonds. The molecule has 1 fully saturated rings. The molecular weight excluding hydrogens is 364 g/mol. The van der Waals surface area contributed by atoms with Crippen LogP contribution in [-0.4, -0.2) is 55.7 Å². The minimum Gasteiger partial charge on any atom is -0.493 e. The lowest BCUT2D eigenvalue weighted by Crippen LogP contribution is -2.60. The third-order valence-corrected chi connectivity index (χ3v) is 7.75. The summed E-state index contributed by atoms with van der Waals surface area (Å²) in [5.74, 6) is 1.65. The van der Waals surface area contributed by atoms with Crippen LogP contribution in [0.2, 0.25) is 0 Å². The number of likely N-dealkylation sites (N-methyl/N-ethyl adjacent to an activating group) is 1. The van der Waals surface area contributed by atoms with Crippen LogP contribution in [0.3, 0.4) is 0 Å². The average molecular weight is 386 g/mol. The van der Waals surface area contributed by atoms with Crippen molar-refractivity contribution in [3.63, 3.8) is 0 Å². The fourth-order valence-electron chi connectivity index (χ4n) is 4.03. The predicted octanol–water partition coefficient (Wildman–Crippen LogP) is 1.41. The molecule has 142 valence electrons. The van der Waals surface area contributed by atoms with E-state index in [-0.39, 0.29) is 6.04 Å². The minimum atomic E-state index is -3.52. The van der Waals surface area contributed by atoms with Crippen LogP contribution in [0.1, 0.15) is 23.2 Å². The molecule has 1 aliphatic carbocycles. The number of nitrogens with zero attached hydrogens (tertiary/aromatic N) is 4. The molecule has 1 aromatic heterocycles. The number of ether oxygens (including phenoxy) is 1. The van der Waals surface area contributed by atoms with Gasteiger partial charge >= 0.3 is 0 Å². The van der Waals surface area contributed by atoms with Gasteiger partial charge in [-0.05, 0) is 54.7 Å². The summed E-state index contributed by atoms with van der Waals surface area (Å²) >= 11 is 0. The smallest absolute Gasteiger partial charge is 0.243 e. The van der Waals surface area contributed by atoms with Crippen molar-refractivity contribution in [1.82, 2.24) is 14.5 Å². The Morgan fingerprint density at radius 1 is 1.11 bits per heavy atom. The van der Waals surface area contributed by atoms with E-state index in [4.69, 9.17) is 4.74 Å². The molecule has 1 saturated heterocycles. The van der Waals surface area contributed by atoms with Gasteiger partial charge in [0.05, 0.1) is 23.2 Å². The quantitative estimate of drug-likeness (QED) is 0.791. The highest BCUT2D eigenvalue weighted by Crippen LogP contribution is 2.31. The van der Waals surface area contributed by atoms with Gasteiger partial charge in [-0.15, -0.1) is 5.10 Å². The van der Waals surface area contributed by atoms with E-state index in [2.05, 4.69) is 21.2 Å². The summed E-state index contributed by atoms with van der Waals surface area (Å²) in [7, 11) is -1.86. The van der Waals surface area contributed by atoms with Crippen LogP contribution >= 0.6 is 0 Å².